The number of rotatable bonds is 1. The molecule has 7 heavy (non-hydrogen) atoms. The van der Waals surface area contributed by atoms with Crippen LogP contribution in [0.1, 0.15) is 13.8 Å². The van der Waals surface area contributed by atoms with Gasteiger partial charge in [0.2, 0.25) is 0 Å². The zero-order chi connectivity index (χ0) is 5.49. The molecule has 0 N–H and O–H groups in total. The summed E-state index contributed by atoms with van der Waals surface area (Å²) in [6.45, 7) is 5.16. The molecule has 1 unspecified atom stereocenters. The topological polar surface area (TPSA) is 12.5 Å². The fraction of sp³-hybridized carbons (Fsp3) is 1.00. The molecule has 0 saturated carbocycles. The summed E-state index contributed by atoms with van der Waals surface area (Å²) >= 11 is 3.48. The molecule has 1 heterocycles. The Morgan fingerprint density at radius 1 is 1.71 bits per heavy atom. The second-order valence-electron chi connectivity index (χ2n) is 2.39. The molecule has 0 aromatic heterocycles. The van der Waals surface area contributed by atoms with Crippen molar-refractivity contribution < 1.29 is 4.74 Å². The van der Waals surface area contributed by atoms with Gasteiger partial charge in [0.1, 0.15) is 0 Å². The Morgan fingerprint density at radius 2 is 2.14 bits per heavy atom. The van der Waals surface area contributed by atoms with E-state index in [4.69, 9.17) is 4.74 Å². The van der Waals surface area contributed by atoms with E-state index in [0.29, 0.717) is 6.10 Å². The van der Waals surface area contributed by atoms with E-state index in [1.807, 2.05) is 0 Å². The van der Waals surface area contributed by atoms with Gasteiger partial charge >= 0.3 is 0 Å². The Bertz CT molecular complexity index is 70.6. The maximum absolute atomic E-state index is 5.03. The quantitative estimate of drug-likeness (QED) is 0.424. The Hall–Kier alpha value is 0.440. The average Bonchev–Trinajstić information content (AvgIpc) is 1.99. The average molecular weight is 165 g/mol. The molecule has 42 valence electrons. The molecule has 2 heteroatoms. The zero-order valence-corrected chi connectivity index (χ0v) is 6.16. The van der Waals surface area contributed by atoms with Crippen LogP contribution in [0.5, 0.6) is 0 Å². The number of alkyl halides is 1. The van der Waals surface area contributed by atoms with E-state index in [9.17, 15) is 0 Å². The Morgan fingerprint density at radius 3 is 2.14 bits per heavy atom. The third kappa shape index (κ3) is 1.42. The molecule has 0 aromatic rings. The van der Waals surface area contributed by atoms with Gasteiger partial charge in [-0.25, -0.2) is 0 Å². The number of hydrogen-bond donors (Lipinski definition) is 0. The molecule has 1 aliphatic heterocycles. The van der Waals surface area contributed by atoms with E-state index >= 15 is 0 Å². The highest BCUT2D eigenvalue weighted by Crippen LogP contribution is 2.31. The summed E-state index contributed by atoms with van der Waals surface area (Å²) in [7, 11) is 0. The minimum atomic E-state index is 0.201. The minimum Gasteiger partial charge on any atom is -0.372 e. The van der Waals surface area contributed by atoms with Crippen LogP contribution in [-0.2, 0) is 4.74 Å². The van der Waals surface area contributed by atoms with Crippen molar-refractivity contribution in [2.24, 2.45) is 0 Å². The van der Waals surface area contributed by atoms with Crippen molar-refractivity contribution in [1.82, 2.24) is 0 Å². The van der Waals surface area contributed by atoms with E-state index in [0.717, 1.165) is 6.61 Å². The summed E-state index contributed by atoms with van der Waals surface area (Å²) in [5.41, 5.74) is 0. The van der Waals surface area contributed by atoms with E-state index in [1.165, 1.54) is 0 Å². The summed E-state index contributed by atoms with van der Waals surface area (Å²) in [4.78, 5) is 0. The highest BCUT2D eigenvalue weighted by molar-refractivity contribution is 9.10. The summed E-state index contributed by atoms with van der Waals surface area (Å²) in [5.74, 6) is 0. The lowest BCUT2D eigenvalue weighted by atomic mass is 10.1. The van der Waals surface area contributed by atoms with Crippen LogP contribution in [0.2, 0.25) is 0 Å². The molecule has 1 atom stereocenters. The van der Waals surface area contributed by atoms with E-state index < -0.39 is 0 Å². The van der Waals surface area contributed by atoms with Crippen molar-refractivity contribution in [1.29, 1.82) is 0 Å². The van der Waals surface area contributed by atoms with Crippen LogP contribution in [0.15, 0.2) is 0 Å². The first-order valence-electron chi connectivity index (χ1n) is 2.41. The smallest absolute Gasteiger partial charge is 0.0957 e. The normalized spacial score (nSPS) is 30.4. The molecule has 1 nitrogen and oxygen atoms in total. The van der Waals surface area contributed by atoms with Gasteiger partial charge in [0.15, 0.2) is 0 Å². The van der Waals surface area contributed by atoms with Gasteiger partial charge in [-0.05, 0) is 13.8 Å². The van der Waals surface area contributed by atoms with Crippen LogP contribution in [0.3, 0.4) is 0 Å². The van der Waals surface area contributed by atoms with Crippen molar-refractivity contribution in [3.8, 4) is 0 Å². The molecule has 1 saturated heterocycles. The Labute approximate surface area is 52.2 Å². The van der Waals surface area contributed by atoms with E-state index in [2.05, 4.69) is 29.8 Å². The fourth-order valence-electron chi connectivity index (χ4n) is 0.444. The van der Waals surface area contributed by atoms with Crippen molar-refractivity contribution in [3.05, 3.63) is 0 Å². The summed E-state index contributed by atoms with van der Waals surface area (Å²) in [6.07, 6.45) is 0.465. The van der Waals surface area contributed by atoms with Crippen LogP contribution < -0.4 is 0 Å². The van der Waals surface area contributed by atoms with Gasteiger partial charge in [-0.1, -0.05) is 15.9 Å². The van der Waals surface area contributed by atoms with Crippen LogP contribution in [0, 0.1) is 0 Å². The number of ether oxygens (including phenoxy) is 1. The van der Waals surface area contributed by atoms with Crippen molar-refractivity contribution in [2.75, 3.05) is 6.61 Å². The summed E-state index contributed by atoms with van der Waals surface area (Å²) in [5, 5.41) is 0. The summed E-state index contributed by atoms with van der Waals surface area (Å²) in [6, 6.07) is 0. The van der Waals surface area contributed by atoms with Crippen LogP contribution in [0.25, 0.3) is 0 Å². The lowest BCUT2D eigenvalue weighted by Crippen LogP contribution is -2.17. The van der Waals surface area contributed by atoms with Gasteiger partial charge in [0.05, 0.1) is 12.7 Å². The third-order valence-electron chi connectivity index (χ3n) is 1.10. The van der Waals surface area contributed by atoms with E-state index in [-0.39, 0.29) is 4.32 Å². The van der Waals surface area contributed by atoms with Crippen molar-refractivity contribution in [2.45, 2.75) is 24.3 Å². The second-order valence-corrected chi connectivity index (χ2v) is 4.43. The molecule has 1 aliphatic rings. The number of hydrogen-bond acceptors (Lipinski definition) is 1. The van der Waals surface area contributed by atoms with Gasteiger partial charge in [-0.3, -0.25) is 0 Å². The first-order valence-corrected chi connectivity index (χ1v) is 3.20. The van der Waals surface area contributed by atoms with Gasteiger partial charge < -0.3 is 4.74 Å². The predicted octanol–water partition coefficient (Wildman–Crippen LogP) is 1.56. The van der Waals surface area contributed by atoms with E-state index in [1.54, 1.807) is 0 Å². The number of halogens is 1. The predicted molar refractivity (Wildman–Crippen MR) is 32.7 cm³/mol. The fourth-order valence-corrected chi connectivity index (χ4v) is 0.709. The Kier molecular flexibility index (Phi) is 1.16. The molecule has 0 radical (unpaired) electrons. The molecule has 0 spiro atoms. The van der Waals surface area contributed by atoms with Gasteiger partial charge in [-0.2, -0.15) is 0 Å². The van der Waals surface area contributed by atoms with Crippen molar-refractivity contribution in [3.63, 3.8) is 0 Å². The molecule has 0 amide bonds. The maximum Gasteiger partial charge on any atom is 0.0957 e. The van der Waals surface area contributed by atoms with Crippen LogP contribution in [-0.4, -0.2) is 17.0 Å². The van der Waals surface area contributed by atoms with Crippen molar-refractivity contribution >= 4 is 15.9 Å². The van der Waals surface area contributed by atoms with Crippen LogP contribution in [0.4, 0.5) is 0 Å². The molecular weight excluding hydrogens is 156 g/mol. The maximum atomic E-state index is 5.03. The monoisotopic (exact) mass is 164 g/mol. The third-order valence-corrected chi connectivity index (χ3v) is 1.61. The zero-order valence-electron chi connectivity index (χ0n) is 4.57. The first kappa shape index (κ1) is 5.57. The first-order chi connectivity index (χ1) is 3.11. The SMILES string of the molecule is CC(C)(Br)C1CO1. The molecule has 1 rings (SSSR count). The van der Waals surface area contributed by atoms with Gasteiger partial charge in [-0.15, -0.1) is 0 Å². The van der Waals surface area contributed by atoms with Crippen LogP contribution >= 0.6 is 15.9 Å². The van der Waals surface area contributed by atoms with Gasteiger partial charge in [0, 0.05) is 4.32 Å². The highest BCUT2D eigenvalue weighted by Gasteiger charge is 2.37. The summed E-state index contributed by atoms with van der Waals surface area (Å²) < 4.78 is 5.23. The number of epoxide rings is 1. The lowest BCUT2D eigenvalue weighted by Gasteiger charge is -2.09. The minimum absolute atomic E-state index is 0.201. The van der Waals surface area contributed by atoms with Gasteiger partial charge in [0.25, 0.3) is 0 Å². The molecule has 0 bridgehead atoms. The Balaban J connectivity index is 2.36. The standard InChI is InChI=1S/C5H9BrO/c1-5(2,6)4-3-7-4/h4H,3H2,1-2H3. The molecule has 0 aliphatic carbocycles. The molecular formula is C5H9BrO. The molecule has 0 aromatic carbocycles. The second kappa shape index (κ2) is 1.46. The largest absolute Gasteiger partial charge is 0.372 e. The highest BCUT2D eigenvalue weighted by atomic mass is 79.9. The molecule has 1 fully saturated rings. The lowest BCUT2D eigenvalue weighted by molar-refractivity contribution is 0.376.